The number of hydrogen-bond acceptors (Lipinski definition) is 4. The van der Waals surface area contributed by atoms with Gasteiger partial charge in [0.25, 0.3) is 0 Å². The van der Waals surface area contributed by atoms with Crippen LogP contribution in [0.15, 0.2) is 84.9 Å². The lowest BCUT2D eigenvalue weighted by atomic mass is 9.90. The number of aliphatic hydroxyl groups is 1. The fourth-order valence-electron chi connectivity index (χ4n) is 3.21. The molecule has 134 valence electrons. The van der Waals surface area contributed by atoms with Crippen molar-refractivity contribution in [3.05, 3.63) is 96.1 Å². The number of fused-ring (bicyclic) bond motifs is 1. The van der Waals surface area contributed by atoms with Gasteiger partial charge in [-0.3, -0.25) is 0 Å². The van der Waals surface area contributed by atoms with Crippen LogP contribution in [0.1, 0.15) is 11.1 Å². The molecule has 0 bridgehead atoms. The largest absolute Gasteiger partial charge is 0.464 e. The highest BCUT2D eigenvalue weighted by Crippen LogP contribution is 2.41. The molecular weight excluding hydrogens is 340 g/mol. The Bertz CT molecular complexity index is 1010. The molecule has 0 saturated carbocycles. The van der Waals surface area contributed by atoms with Gasteiger partial charge in [0.2, 0.25) is 0 Å². The Morgan fingerprint density at radius 2 is 1.52 bits per heavy atom. The Labute approximate surface area is 157 Å². The molecule has 1 aliphatic rings. The number of carbonyl (C=O) groups excluding carboxylic acids is 1. The van der Waals surface area contributed by atoms with Crippen LogP contribution in [0, 0.1) is 0 Å². The molecule has 1 atom stereocenters. The minimum Gasteiger partial charge on any atom is -0.464 e. The molecule has 1 heterocycles. The molecule has 4 nitrogen and oxygen atoms in total. The van der Waals surface area contributed by atoms with Crippen LogP contribution >= 0.6 is 0 Å². The van der Waals surface area contributed by atoms with Gasteiger partial charge in [-0.2, -0.15) is 0 Å². The van der Waals surface area contributed by atoms with Gasteiger partial charge in [-0.1, -0.05) is 66.7 Å². The molecule has 0 spiro atoms. The SMILES string of the molecule is COC(=O)C1(O)C=C(c2ccccc2)c2cc(-c3ccccc3)ccc2O1. The summed E-state index contributed by atoms with van der Waals surface area (Å²) in [6.07, 6.45) is 1.41. The molecule has 4 rings (SSSR count). The highest BCUT2D eigenvalue weighted by atomic mass is 16.7. The zero-order valence-electron chi connectivity index (χ0n) is 14.8. The maximum Gasteiger partial charge on any atom is 0.383 e. The number of ether oxygens (including phenoxy) is 2. The van der Waals surface area contributed by atoms with Crippen LogP contribution in [0.2, 0.25) is 0 Å². The van der Waals surface area contributed by atoms with Crippen LogP contribution in [-0.2, 0) is 9.53 Å². The van der Waals surface area contributed by atoms with Gasteiger partial charge in [0, 0.05) is 11.6 Å². The van der Waals surface area contributed by atoms with Gasteiger partial charge in [0.15, 0.2) is 0 Å². The van der Waals surface area contributed by atoms with E-state index in [0.717, 1.165) is 22.3 Å². The van der Waals surface area contributed by atoms with Crippen molar-refractivity contribution < 1.29 is 19.4 Å². The van der Waals surface area contributed by atoms with Gasteiger partial charge >= 0.3 is 11.8 Å². The van der Waals surface area contributed by atoms with Crippen molar-refractivity contribution in [1.82, 2.24) is 0 Å². The maximum atomic E-state index is 12.1. The first-order chi connectivity index (χ1) is 13.1. The van der Waals surface area contributed by atoms with E-state index in [0.29, 0.717) is 11.3 Å². The summed E-state index contributed by atoms with van der Waals surface area (Å²) in [4.78, 5) is 12.1. The van der Waals surface area contributed by atoms with E-state index in [4.69, 9.17) is 9.47 Å². The number of carbonyl (C=O) groups is 1. The fourth-order valence-corrected chi connectivity index (χ4v) is 3.21. The first-order valence-electron chi connectivity index (χ1n) is 8.59. The average molecular weight is 358 g/mol. The van der Waals surface area contributed by atoms with Crippen molar-refractivity contribution >= 4 is 11.5 Å². The van der Waals surface area contributed by atoms with E-state index < -0.39 is 11.8 Å². The Morgan fingerprint density at radius 3 is 2.15 bits per heavy atom. The minimum absolute atomic E-state index is 0.420. The number of hydrogen-bond donors (Lipinski definition) is 1. The molecular formula is C23H18O4. The summed E-state index contributed by atoms with van der Waals surface area (Å²) in [5, 5.41) is 10.7. The van der Waals surface area contributed by atoms with Crippen LogP contribution in [0.3, 0.4) is 0 Å². The minimum atomic E-state index is -2.17. The predicted molar refractivity (Wildman–Crippen MR) is 103 cm³/mol. The van der Waals surface area contributed by atoms with Crippen molar-refractivity contribution in [2.24, 2.45) is 0 Å². The van der Waals surface area contributed by atoms with E-state index in [2.05, 4.69) is 0 Å². The predicted octanol–water partition coefficient (Wildman–Crippen LogP) is 4.04. The highest BCUT2D eigenvalue weighted by molar-refractivity contribution is 5.92. The van der Waals surface area contributed by atoms with Crippen molar-refractivity contribution in [2.45, 2.75) is 5.79 Å². The first kappa shape index (κ1) is 17.1. The van der Waals surface area contributed by atoms with E-state index in [1.807, 2.05) is 72.8 Å². The molecule has 1 aliphatic heterocycles. The zero-order chi connectivity index (χ0) is 18.9. The number of benzene rings is 3. The fraction of sp³-hybridized carbons (Fsp3) is 0.0870. The summed E-state index contributed by atoms with van der Waals surface area (Å²) < 4.78 is 10.3. The lowest BCUT2D eigenvalue weighted by Gasteiger charge is -2.30. The van der Waals surface area contributed by atoms with Gasteiger partial charge in [0.05, 0.1) is 7.11 Å². The molecule has 0 saturated heterocycles. The van der Waals surface area contributed by atoms with Gasteiger partial charge < -0.3 is 14.6 Å². The van der Waals surface area contributed by atoms with Crippen molar-refractivity contribution in [3.63, 3.8) is 0 Å². The summed E-state index contributed by atoms with van der Waals surface area (Å²) in [6, 6.07) is 25.2. The van der Waals surface area contributed by atoms with Crippen molar-refractivity contribution in [1.29, 1.82) is 0 Å². The molecule has 3 aromatic rings. The van der Waals surface area contributed by atoms with Gasteiger partial charge in [-0.25, -0.2) is 4.79 Å². The van der Waals surface area contributed by atoms with Crippen LogP contribution in [0.5, 0.6) is 5.75 Å². The second-order valence-corrected chi connectivity index (χ2v) is 6.29. The smallest absolute Gasteiger partial charge is 0.383 e. The molecule has 0 amide bonds. The molecule has 0 radical (unpaired) electrons. The number of esters is 1. The van der Waals surface area contributed by atoms with Crippen LogP contribution in [0.4, 0.5) is 0 Å². The van der Waals surface area contributed by atoms with Crippen molar-refractivity contribution in [3.8, 4) is 16.9 Å². The van der Waals surface area contributed by atoms with Gasteiger partial charge in [-0.05, 0) is 34.4 Å². The quantitative estimate of drug-likeness (QED) is 0.718. The monoisotopic (exact) mass is 358 g/mol. The topological polar surface area (TPSA) is 55.8 Å². The molecule has 0 fully saturated rings. The second kappa shape index (κ2) is 6.74. The van der Waals surface area contributed by atoms with Crippen molar-refractivity contribution in [2.75, 3.05) is 7.11 Å². The van der Waals surface area contributed by atoms with E-state index in [1.165, 1.54) is 13.2 Å². The third-order valence-corrected chi connectivity index (χ3v) is 4.55. The molecule has 0 aromatic heterocycles. The molecule has 1 N–H and O–H groups in total. The van der Waals surface area contributed by atoms with Gasteiger partial charge in [-0.15, -0.1) is 0 Å². The van der Waals surface area contributed by atoms with E-state index in [9.17, 15) is 9.90 Å². The first-order valence-corrected chi connectivity index (χ1v) is 8.59. The Balaban J connectivity index is 1.90. The number of rotatable bonds is 3. The number of methoxy groups -OCH3 is 1. The Hall–Kier alpha value is -3.37. The lowest BCUT2D eigenvalue weighted by Crippen LogP contribution is -2.45. The zero-order valence-corrected chi connectivity index (χ0v) is 14.8. The van der Waals surface area contributed by atoms with E-state index >= 15 is 0 Å². The third-order valence-electron chi connectivity index (χ3n) is 4.55. The van der Waals surface area contributed by atoms with Crippen LogP contribution in [0.25, 0.3) is 16.7 Å². The molecule has 0 aliphatic carbocycles. The summed E-state index contributed by atoms with van der Waals surface area (Å²) in [5.41, 5.74) is 4.47. The molecule has 4 heteroatoms. The highest BCUT2D eigenvalue weighted by Gasteiger charge is 2.42. The summed E-state index contributed by atoms with van der Waals surface area (Å²) in [6.45, 7) is 0. The normalized spacial score (nSPS) is 18.1. The Morgan fingerprint density at radius 1 is 0.889 bits per heavy atom. The van der Waals surface area contributed by atoms with Gasteiger partial charge in [0.1, 0.15) is 5.75 Å². The van der Waals surface area contributed by atoms with E-state index in [1.54, 1.807) is 6.07 Å². The maximum absolute atomic E-state index is 12.1. The lowest BCUT2D eigenvalue weighted by molar-refractivity contribution is -0.183. The third kappa shape index (κ3) is 3.11. The summed E-state index contributed by atoms with van der Waals surface area (Å²) in [7, 11) is 1.22. The van der Waals surface area contributed by atoms with Crippen LogP contribution < -0.4 is 4.74 Å². The second-order valence-electron chi connectivity index (χ2n) is 6.29. The standard InChI is InChI=1S/C23H18O4/c1-26-22(24)23(25)15-20(17-10-6-3-7-11-17)19-14-18(12-13-21(19)27-23)16-8-4-2-5-9-16/h2-15,25H,1H3. The summed E-state index contributed by atoms with van der Waals surface area (Å²) in [5.74, 6) is -2.61. The average Bonchev–Trinajstić information content (AvgIpc) is 2.73. The molecule has 1 unspecified atom stereocenters. The molecule has 27 heavy (non-hydrogen) atoms. The Kier molecular flexibility index (Phi) is 4.26. The van der Waals surface area contributed by atoms with E-state index in [-0.39, 0.29) is 0 Å². The van der Waals surface area contributed by atoms with Crippen LogP contribution in [-0.4, -0.2) is 24.0 Å². The summed E-state index contributed by atoms with van der Waals surface area (Å²) >= 11 is 0. The molecule has 3 aromatic carbocycles.